The smallest absolute Gasteiger partial charge is 0.407 e. The van der Waals surface area contributed by atoms with Crippen LogP contribution in [-0.4, -0.2) is 48.4 Å². The van der Waals surface area contributed by atoms with Crippen molar-refractivity contribution >= 4 is 34.3 Å². The third-order valence-electron chi connectivity index (χ3n) is 3.52. The Morgan fingerprint density at radius 2 is 2.16 bits per heavy atom. The summed E-state index contributed by atoms with van der Waals surface area (Å²) in [6.45, 7) is 8.90. The molecule has 0 aromatic carbocycles. The first kappa shape index (κ1) is 19.3. The molecule has 0 saturated carbocycles. The number of rotatable bonds is 4. The molecule has 3 N–H and O–H groups in total. The summed E-state index contributed by atoms with van der Waals surface area (Å²) in [5.41, 5.74) is 5.32. The number of alkyl carbamates (subject to hydrolysis) is 1. The van der Waals surface area contributed by atoms with Crippen LogP contribution in [0.25, 0.3) is 0 Å². The summed E-state index contributed by atoms with van der Waals surface area (Å²) in [6.07, 6.45) is 1.33. The van der Waals surface area contributed by atoms with E-state index in [1.54, 1.807) is 6.92 Å². The molecule has 0 bridgehead atoms. The lowest BCUT2D eigenvalue weighted by Crippen LogP contribution is -2.49. The normalized spacial score (nSPS) is 17.9. The third-order valence-corrected chi connectivity index (χ3v) is 4.63. The quantitative estimate of drug-likeness (QED) is 0.784. The summed E-state index contributed by atoms with van der Waals surface area (Å²) >= 11 is 1.22. The van der Waals surface area contributed by atoms with Crippen LogP contribution in [0.2, 0.25) is 0 Å². The largest absolute Gasteiger partial charge is 0.462 e. The lowest BCUT2D eigenvalue weighted by atomic mass is 10.1. The number of carbonyl (C=O) groups excluding carboxylic acids is 2. The number of anilines is 2. The van der Waals surface area contributed by atoms with Crippen molar-refractivity contribution < 1.29 is 19.1 Å². The molecule has 1 aromatic rings. The topological polar surface area (TPSA) is 107 Å². The van der Waals surface area contributed by atoms with Gasteiger partial charge in [-0.05, 0) is 40.5 Å². The second-order valence-corrected chi connectivity index (χ2v) is 7.84. The maximum absolute atomic E-state index is 11.9. The molecule has 1 amide bonds. The van der Waals surface area contributed by atoms with Crippen LogP contribution in [0.3, 0.4) is 0 Å². The second kappa shape index (κ2) is 7.90. The molecular weight excluding hydrogens is 344 g/mol. The van der Waals surface area contributed by atoms with Crippen LogP contribution in [0.1, 0.15) is 50.2 Å². The second-order valence-electron chi connectivity index (χ2n) is 6.86. The summed E-state index contributed by atoms with van der Waals surface area (Å²) in [5, 5.41) is 3.55. The first-order valence-corrected chi connectivity index (χ1v) is 9.19. The van der Waals surface area contributed by atoms with Gasteiger partial charge in [0.2, 0.25) is 0 Å². The number of piperidine rings is 1. The fourth-order valence-corrected chi connectivity index (χ4v) is 3.46. The van der Waals surface area contributed by atoms with Gasteiger partial charge in [-0.15, -0.1) is 0 Å². The summed E-state index contributed by atoms with van der Waals surface area (Å²) in [4.78, 5) is 30.5. The Kier molecular flexibility index (Phi) is 6.10. The average molecular weight is 370 g/mol. The van der Waals surface area contributed by atoms with Crippen molar-refractivity contribution in [1.82, 2.24) is 10.3 Å². The highest BCUT2D eigenvalue weighted by atomic mass is 32.1. The summed E-state index contributed by atoms with van der Waals surface area (Å²) in [5.74, 6) is -0.273. The number of thiazole rings is 1. The predicted molar refractivity (Wildman–Crippen MR) is 97.1 cm³/mol. The van der Waals surface area contributed by atoms with Crippen molar-refractivity contribution in [2.24, 2.45) is 0 Å². The fraction of sp³-hybridized carbons (Fsp3) is 0.688. The summed E-state index contributed by atoms with van der Waals surface area (Å²) < 4.78 is 10.3. The molecule has 1 unspecified atom stereocenters. The number of hydrogen-bond donors (Lipinski definition) is 2. The summed E-state index contributed by atoms with van der Waals surface area (Å²) in [6, 6.07) is -0.0419. The number of amides is 1. The number of ether oxygens (including phenoxy) is 2. The molecule has 0 aliphatic carbocycles. The van der Waals surface area contributed by atoms with Crippen molar-refractivity contribution in [2.45, 2.75) is 52.2 Å². The zero-order chi connectivity index (χ0) is 18.6. The van der Waals surface area contributed by atoms with E-state index in [-0.39, 0.29) is 18.5 Å². The van der Waals surface area contributed by atoms with Gasteiger partial charge in [0, 0.05) is 19.1 Å². The van der Waals surface area contributed by atoms with Gasteiger partial charge in [-0.3, -0.25) is 0 Å². The fourth-order valence-electron chi connectivity index (χ4n) is 2.54. The predicted octanol–water partition coefficient (Wildman–Crippen LogP) is 2.40. The van der Waals surface area contributed by atoms with E-state index in [0.717, 1.165) is 19.4 Å². The van der Waals surface area contributed by atoms with Gasteiger partial charge >= 0.3 is 12.1 Å². The van der Waals surface area contributed by atoms with Crippen molar-refractivity contribution in [3.05, 3.63) is 4.88 Å². The molecular formula is C16H26N4O4S. The molecule has 25 heavy (non-hydrogen) atoms. The van der Waals surface area contributed by atoms with Gasteiger partial charge in [-0.1, -0.05) is 11.3 Å². The Balaban J connectivity index is 2.00. The standard InChI is InChI=1S/C16H26N4O4S/c1-5-23-13(21)11-12(17)19-14(25-11)20-8-6-7-10(9-20)18-15(22)24-16(2,3)4/h10H,5-9,17H2,1-4H3,(H,18,22). The van der Waals surface area contributed by atoms with Gasteiger partial charge in [0.1, 0.15) is 5.60 Å². The van der Waals surface area contributed by atoms with E-state index in [1.165, 1.54) is 11.3 Å². The van der Waals surface area contributed by atoms with Crippen molar-refractivity contribution in [2.75, 3.05) is 30.3 Å². The van der Waals surface area contributed by atoms with Crippen LogP contribution in [0.5, 0.6) is 0 Å². The Morgan fingerprint density at radius 1 is 1.44 bits per heavy atom. The number of nitrogen functional groups attached to an aromatic ring is 1. The molecule has 1 fully saturated rings. The minimum Gasteiger partial charge on any atom is -0.462 e. The number of hydrogen-bond acceptors (Lipinski definition) is 8. The molecule has 1 aliphatic rings. The van der Waals surface area contributed by atoms with Gasteiger partial charge in [0.05, 0.1) is 6.61 Å². The molecule has 2 rings (SSSR count). The molecule has 1 atom stereocenters. The van der Waals surface area contributed by atoms with E-state index in [4.69, 9.17) is 15.2 Å². The number of esters is 1. The van der Waals surface area contributed by atoms with Crippen molar-refractivity contribution in [3.8, 4) is 0 Å². The monoisotopic (exact) mass is 370 g/mol. The minimum absolute atomic E-state index is 0.0419. The van der Waals surface area contributed by atoms with E-state index in [9.17, 15) is 9.59 Å². The van der Waals surface area contributed by atoms with Crippen LogP contribution in [-0.2, 0) is 9.47 Å². The van der Waals surface area contributed by atoms with Crippen LogP contribution >= 0.6 is 11.3 Å². The van der Waals surface area contributed by atoms with Crippen LogP contribution in [0, 0.1) is 0 Å². The third kappa shape index (κ3) is 5.48. The minimum atomic E-state index is -0.531. The molecule has 8 nitrogen and oxygen atoms in total. The van der Waals surface area contributed by atoms with Gasteiger partial charge in [0.25, 0.3) is 0 Å². The zero-order valence-corrected chi connectivity index (χ0v) is 15.9. The van der Waals surface area contributed by atoms with Gasteiger partial charge in [-0.2, -0.15) is 0 Å². The first-order valence-electron chi connectivity index (χ1n) is 8.37. The lowest BCUT2D eigenvalue weighted by molar-refractivity contribution is 0.0497. The number of nitrogens with two attached hydrogens (primary N) is 1. The highest BCUT2D eigenvalue weighted by molar-refractivity contribution is 7.18. The molecule has 1 saturated heterocycles. The van der Waals surface area contributed by atoms with Crippen LogP contribution < -0.4 is 16.0 Å². The van der Waals surface area contributed by atoms with Crippen molar-refractivity contribution in [3.63, 3.8) is 0 Å². The molecule has 1 aromatic heterocycles. The number of nitrogens with zero attached hydrogens (tertiary/aromatic N) is 2. The van der Waals surface area contributed by atoms with Crippen molar-refractivity contribution in [1.29, 1.82) is 0 Å². The summed E-state index contributed by atoms with van der Waals surface area (Å²) in [7, 11) is 0. The highest BCUT2D eigenvalue weighted by Crippen LogP contribution is 2.30. The van der Waals surface area contributed by atoms with E-state index in [0.29, 0.717) is 16.6 Å². The zero-order valence-electron chi connectivity index (χ0n) is 15.1. The molecule has 9 heteroatoms. The van der Waals surface area contributed by atoms with E-state index in [1.807, 2.05) is 25.7 Å². The maximum atomic E-state index is 11.9. The van der Waals surface area contributed by atoms with E-state index >= 15 is 0 Å². The molecule has 1 aliphatic heterocycles. The first-order chi connectivity index (χ1) is 11.7. The van der Waals surface area contributed by atoms with Crippen LogP contribution in [0.4, 0.5) is 15.7 Å². The number of nitrogens with one attached hydrogen (secondary N) is 1. The molecule has 0 spiro atoms. The Labute approximate surface area is 151 Å². The molecule has 0 radical (unpaired) electrons. The van der Waals surface area contributed by atoms with Gasteiger partial charge in [0.15, 0.2) is 15.8 Å². The SMILES string of the molecule is CCOC(=O)c1sc(N2CCCC(NC(=O)OC(C)(C)C)C2)nc1N. The van der Waals surface area contributed by atoms with Gasteiger partial charge in [-0.25, -0.2) is 14.6 Å². The van der Waals surface area contributed by atoms with Gasteiger partial charge < -0.3 is 25.4 Å². The number of carbonyl (C=O) groups is 2. The van der Waals surface area contributed by atoms with E-state index < -0.39 is 17.7 Å². The Morgan fingerprint density at radius 3 is 2.80 bits per heavy atom. The van der Waals surface area contributed by atoms with Crippen LogP contribution in [0.15, 0.2) is 0 Å². The average Bonchev–Trinajstić information content (AvgIpc) is 2.88. The highest BCUT2D eigenvalue weighted by Gasteiger charge is 2.27. The Hall–Kier alpha value is -2.03. The van der Waals surface area contributed by atoms with E-state index in [2.05, 4.69) is 10.3 Å². The number of aromatic nitrogens is 1. The molecule has 140 valence electrons. The Bertz CT molecular complexity index is 626. The molecule has 2 heterocycles. The maximum Gasteiger partial charge on any atom is 0.407 e. The lowest BCUT2D eigenvalue weighted by Gasteiger charge is -2.33.